The van der Waals surface area contributed by atoms with Crippen LogP contribution in [0.1, 0.15) is 45.2 Å². The number of hydroxylamine groups is 2. The number of ether oxygens (including phenoxy) is 1. The molecule has 0 aromatic heterocycles. The van der Waals surface area contributed by atoms with Gasteiger partial charge in [-0.25, -0.2) is 0 Å². The second-order valence-corrected chi connectivity index (χ2v) is 9.85. The van der Waals surface area contributed by atoms with Gasteiger partial charge >= 0.3 is 13.0 Å². The van der Waals surface area contributed by atoms with Crippen molar-refractivity contribution in [1.82, 2.24) is 9.87 Å². The Balaban J connectivity index is 3.31. The average Bonchev–Trinajstić information content (AvgIpc) is 2.58. The Bertz CT molecular complexity index is 707. The van der Waals surface area contributed by atoms with Crippen LogP contribution in [0.15, 0.2) is 18.2 Å². The fourth-order valence-electron chi connectivity index (χ4n) is 3.54. The zero-order valence-electron chi connectivity index (χ0n) is 18.9. The highest BCUT2D eigenvalue weighted by molar-refractivity contribution is 6.45. The quantitative estimate of drug-likeness (QED) is 0.171. The van der Waals surface area contributed by atoms with Gasteiger partial charge in [-0.2, -0.15) is 0 Å². The number of quaternary nitrogens is 1. The molecule has 0 fully saturated rings. The van der Waals surface area contributed by atoms with Gasteiger partial charge in [-0.3, -0.25) is 4.79 Å². The molecule has 2 N–H and O–H groups in total. The number of aryl methyl sites for hydroxylation is 1. The summed E-state index contributed by atoms with van der Waals surface area (Å²) in [5, 5.41) is 26.0. The van der Waals surface area contributed by atoms with Crippen LogP contribution in [0.4, 0.5) is 5.69 Å². The van der Waals surface area contributed by atoms with E-state index in [0.29, 0.717) is 12.2 Å². The molecule has 0 saturated carbocycles. The Morgan fingerprint density at radius 2 is 1.80 bits per heavy atom. The molecule has 1 aromatic carbocycles. The van der Waals surface area contributed by atoms with Crippen molar-refractivity contribution in [1.29, 1.82) is 0 Å². The van der Waals surface area contributed by atoms with Crippen LogP contribution < -0.4 is 9.87 Å². The second kappa shape index (κ2) is 11.2. The molecule has 6 nitrogen and oxygen atoms in total. The van der Waals surface area contributed by atoms with Crippen LogP contribution in [0.25, 0.3) is 0 Å². The Hall–Kier alpha value is -0.825. The first-order valence-electron chi connectivity index (χ1n) is 10.2. The van der Waals surface area contributed by atoms with E-state index >= 15 is 0 Å². The third kappa shape index (κ3) is 8.02. The van der Waals surface area contributed by atoms with Crippen LogP contribution in [0.3, 0.4) is 0 Å². The highest BCUT2D eigenvalue weighted by atomic mass is 35.5. The number of nitrogens with zero attached hydrogens (tertiary/aromatic N) is 1. The van der Waals surface area contributed by atoms with Gasteiger partial charge in [0.2, 0.25) is 0 Å². The molecular weight excluding hydrogens is 426 g/mol. The van der Waals surface area contributed by atoms with E-state index in [1.165, 1.54) is 0 Å². The number of benzene rings is 1. The molecule has 0 heterocycles. The highest BCUT2D eigenvalue weighted by Crippen LogP contribution is 2.34. The van der Waals surface area contributed by atoms with Crippen molar-refractivity contribution in [2.75, 3.05) is 31.4 Å². The number of alkyl halides is 2. The van der Waals surface area contributed by atoms with Gasteiger partial charge in [-0.05, 0) is 58.3 Å². The van der Waals surface area contributed by atoms with Gasteiger partial charge in [0.15, 0.2) is 0 Å². The average molecular weight is 461 g/mol. The van der Waals surface area contributed by atoms with Crippen molar-refractivity contribution in [2.24, 2.45) is 0 Å². The van der Waals surface area contributed by atoms with Crippen LogP contribution in [0, 0.1) is 12.1 Å². The maximum Gasteiger partial charge on any atom is 0.373 e. The third-order valence-corrected chi connectivity index (χ3v) is 5.30. The van der Waals surface area contributed by atoms with Gasteiger partial charge in [0.25, 0.3) is 0 Å². The fourth-order valence-corrected chi connectivity index (χ4v) is 4.09. The highest BCUT2D eigenvalue weighted by Gasteiger charge is 2.34. The normalized spacial score (nSPS) is 14.3. The summed E-state index contributed by atoms with van der Waals surface area (Å²) in [5.74, 6) is 0.144. The fraction of sp³-hybridized carbons (Fsp3) is 0.667. The van der Waals surface area contributed by atoms with Crippen LogP contribution in [0.2, 0.25) is 6.82 Å². The summed E-state index contributed by atoms with van der Waals surface area (Å²) >= 11 is 11.7. The molecule has 0 aliphatic carbocycles. The SMILES string of the molecule is CB(O)NCC(C)(CC(=O)OC(C)(C)C)c1ccc([N+]([O-])(CCCl)CCCl)cc1C. The van der Waals surface area contributed by atoms with E-state index in [2.05, 4.69) is 5.23 Å². The maximum atomic E-state index is 13.2. The molecule has 1 atom stereocenters. The van der Waals surface area contributed by atoms with Gasteiger partial charge in [-0.15, -0.1) is 23.2 Å². The number of rotatable bonds is 11. The molecule has 0 aliphatic heterocycles. The minimum atomic E-state index is -0.721. The number of carbonyl (C=O) groups is 1. The molecule has 1 aromatic rings. The zero-order chi connectivity index (χ0) is 23.2. The molecule has 1 rings (SSSR count). The number of carbonyl (C=O) groups excluding carboxylic acids is 1. The van der Waals surface area contributed by atoms with Gasteiger partial charge in [0.1, 0.15) is 11.3 Å². The number of hydrogen-bond acceptors (Lipinski definition) is 5. The lowest BCUT2D eigenvalue weighted by Crippen LogP contribution is -2.47. The number of hydrogen-bond donors (Lipinski definition) is 2. The Labute approximate surface area is 191 Å². The molecule has 170 valence electrons. The molecule has 9 heteroatoms. The largest absolute Gasteiger partial charge is 0.627 e. The summed E-state index contributed by atoms with van der Waals surface area (Å²) in [4.78, 5) is 12.6. The summed E-state index contributed by atoms with van der Waals surface area (Å²) in [6.07, 6.45) is 0.130. The Morgan fingerprint density at radius 3 is 2.23 bits per heavy atom. The Morgan fingerprint density at radius 1 is 1.23 bits per heavy atom. The molecule has 0 spiro atoms. The minimum absolute atomic E-state index is 0.130. The smallest absolute Gasteiger partial charge is 0.373 e. The topological polar surface area (TPSA) is 81.6 Å². The molecule has 30 heavy (non-hydrogen) atoms. The molecule has 0 bridgehead atoms. The van der Waals surface area contributed by atoms with E-state index < -0.39 is 22.7 Å². The number of esters is 1. The van der Waals surface area contributed by atoms with Crippen molar-refractivity contribution < 1.29 is 14.6 Å². The monoisotopic (exact) mass is 460 g/mol. The summed E-state index contributed by atoms with van der Waals surface area (Å²) in [6.45, 7) is 11.8. The molecule has 0 amide bonds. The summed E-state index contributed by atoms with van der Waals surface area (Å²) in [7, 11) is -0.721. The van der Waals surface area contributed by atoms with Crippen molar-refractivity contribution in [3.05, 3.63) is 34.5 Å². The predicted molar refractivity (Wildman–Crippen MR) is 127 cm³/mol. The van der Waals surface area contributed by atoms with Crippen LogP contribution in [-0.4, -0.2) is 55.0 Å². The van der Waals surface area contributed by atoms with Crippen LogP contribution in [0.5, 0.6) is 0 Å². The van der Waals surface area contributed by atoms with E-state index in [4.69, 9.17) is 27.9 Å². The van der Waals surface area contributed by atoms with Crippen LogP contribution in [-0.2, 0) is 14.9 Å². The number of halogens is 2. The number of nitrogens with one attached hydrogen (secondary N) is 1. The molecule has 1 unspecified atom stereocenters. The summed E-state index contributed by atoms with van der Waals surface area (Å²) in [5.41, 5.74) is 1.15. The predicted octanol–water partition coefficient (Wildman–Crippen LogP) is 3.97. The Kier molecular flexibility index (Phi) is 10.1. The molecule has 0 saturated heterocycles. The van der Waals surface area contributed by atoms with Crippen LogP contribution >= 0.6 is 23.2 Å². The third-order valence-electron chi connectivity index (χ3n) is 4.96. The first-order chi connectivity index (χ1) is 13.8. The van der Waals surface area contributed by atoms with Gasteiger partial charge in [0.05, 0.1) is 31.3 Å². The van der Waals surface area contributed by atoms with E-state index in [-0.39, 0.29) is 37.2 Å². The van der Waals surface area contributed by atoms with Crippen molar-refractivity contribution in [2.45, 2.75) is 58.9 Å². The molecule has 0 aliphatic rings. The van der Waals surface area contributed by atoms with Crippen molar-refractivity contribution in [3.63, 3.8) is 0 Å². The maximum absolute atomic E-state index is 13.2. The van der Waals surface area contributed by atoms with E-state index in [1.807, 2.05) is 46.8 Å². The van der Waals surface area contributed by atoms with E-state index in [0.717, 1.165) is 11.1 Å². The summed E-state index contributed by atoms with van der Waals surface area (Å²) < 4.78 is 4.94. The van der Waals surface area contributed by atoms with E-state index in [9.17, 15) is 15.0 Å². The first kappa shape index (κ1) is 27.2. The minimum Gasteiger partial charge on any atom is -0.627 e. The lowest BCUT2D eigenvalue weighted by atomic mass is 9.75. The van der Waals surface area contributed by atoms with Gasteiger partial charge in [0, 0.05) is 11.5 Å². The lowest BCUT2D eigenvalue weighted by molar-refractivity contribution is -0.156. The van der Waals surface area contributed by atoms with Gasteiger partial charge < -0.3 is 24.8 Å². The standard InChI is InChI=1S/C21H35BCl2N2O4/c1-16-13-17(26(29,11-9-23)12-10-24)7-8-18(16)21(5,15-25-22(6)28)14-19(27)30-20(2,3)4/h7-8,13,25,28H,9-12,14-15H2,1-6H3. The summed E-state index contributed by atoms with van der Waals surface area (Å²) in [6, 6.07) is 5.51. The zero-order valence-corrected chi connectivity index (χ0v) is 20.4. The van der Waals surface area contributed by atoms with Crippen molar-refractivity contribution >= 4 is 41.9 Å². The van der Waals surface area contributed by atoms with E-state index in [1.54, 1.807) is 12.9 Å². The van der Waals surface area contributed by atoms with Crippen molar-refractivity contribution in [3.8, 4) is 0 Å². The second-order valence-electron chi connectivity index (χ2n) is 9.09. The lowest BCUT2D eigenvalue weighted by Gasteiger charge is -2.42. The molecule has 0 radical (unpaired) electrons. The van der Waals surface area contributed by atoms with Gasteiger partial charge in [-0.1, -0.05) is 13.0 Å². The molecular formula is C21H35BCl2N2O4. The first-order valence-corrected chi connectivity index (χ1v) is 11.3.